The second-order valence-electron chi connectivity index (χ2n) is 6.44. The minimum absolute atomic E-state index is 0.0328. The molecule has 0 saturated heterocycles. The van der Waals surface area contributed by atoms with E-state index in [9.17, 15) is 4.79 Å². The first-order chi connectivity index (χ1) is 12.7. The van der Waals surface area contributed by atoms with Gasteiger partial charge in [0.25, 0.3) is 0 Å². The molecule has 1 aliphatic carbocycles. The summed E-state index contributed by atoms with van der Waals surface area (Å²) in [5.41, 5.74) is 4.63. The molecule has 2 aliphatic rings. The molecule has 5 rings (SSSR count). The number of hydrogen-bond donors (Lipinski definition) is 0. The standard InChI is InChI=1S/C22H14ClNOS/c23-14-11-9-13(10-12-14)22-19-20(15-5-1-2-6-16(15)21(19)25)24-17-7-3-4-8-18(17)26-22/h1-12,19,22H/t19-,22+/m0/s1. The molecule has 0 saturated carbocycles. The van der Waals surface area contributed by atoms with E-state index in [1.165, 1.54) is 0 Å². The molecule has 0 amide bonds. The SMILES string of the molecule is O=C1c2ccccc2C2=Nc3ccccc3S[C@H](c3ccc(Cl)cc3)[C@H]12. The number of thioether (sulfide) groups is 1. The quantitative estimate of drug-likeness (QED) is 0.512. The number of ketones is 1. The van der Waals surface area contributed by atoms with Crippen LogP contribution in [-0.2, 0) is 0 Å². The molecule has 2 atom stereocenters. The van der Waals surface area contributed by atoms with Crippen LogP contribution < -0.4 is 0 Å². The Balaban J connectivity index is 1.75. The molecule has 3 aromatic rings. The van der Waals surface area contributed by atoms with Crippen molar-refractivity contribution >= 4 is 40.5 Å². The van der Waals surface area contributed by atoms with Crippen LogP contribution in [0.25, 0.3) is 0 Å². The van der Waals surface area contributed by atoms with Gasteiger partial charge in [-0.15, -0.1) is 11.8 Å². The van der Waals surface area contributed by atoms with E-state index in [4.69, 9.17) is 16.6 Å². The van der Waals surface area contributed by atoms with Gasteiger partial charge in [0.1, 0.15) is 0 Å². The van der Waals surface area contributed by atoms with Gasteiger partial charge in [0.15, 0.2) is 5.78 Å². The van der Waals surface area contributed by atoms with Gasteiger partial charge in [-0.2, -0.15) is 0 Å². The van der Waals surface area contributed by atoms with E-state index in [1.807, 2.05) is 66.7 Å². The highest BCUT2D eigenvalue weighted by atomic mass is 35.5. The molecule has 0 radical (unpaired) electrons. The second-order valence-corrected chi connectivity index (χ2v) is 8.06. The first kappa shape index (κ1) is 15.9. The van der Waals surface area contributed by atoms with Crippen molar-refractivity contribution in [2.45, 2.75) is 10.1 Å². The van der Waals surface area contributed by atoms with Crippen LogP contribution >= 0.6 is 23.4 Å². The Kier molecular flexibility index (Phi) is 3.73. The number of carbonyl (C=O) groups excluding carboxylic acids is 1. The van der Waals surface area contributed by atoms with Crippen LogP contribution in [0.15, 0.2) is 82.7 Å². The van der Waals surface area contributed by atoms with Gasteiger partial charge in [0.2, 0.25) is 0 Å². The molecule has 1 heterocycles. The molecular formula is C22H14ClNOS. The molecule has 26 heavy (non-hydrogen) atoms. The highest BCUT2D eigenvalue weighted by Crippen LogP contribution is 2.51. The molecule has 0 N–H and O–H groups in total. The fourth-order valence-electron chi connectivity index (χ4n) is 3.69. The molecule has 0 aromatic heterocycles. The van der Waals surface area contributed by atoms with E-state index in [0.29, 0.717) is 5.02 Å². The Bertz CT molecular complexity index is 1060. The van der Waals surface area contributed by atoms with Crippen molar-refractivity contribution in [3.63, 3.8) is 0 Å². The van der Waals surface area contributed by atoms with E-state index in [1.54, 1.807) is 11.8 Å². The number of aliphatic imine (C=N–C) groups is 1. The lowest BCUT2D eigenvalue weighted by molar-refractivity contribution is 0.0960. The van der Waals surface area contributed by atoms with Crippen molar-refractivity contribution in [2.24, 2.45) is 10.9 Å². The Labute approximate surface area is 160 Å². The van der Waals surface area contributed by atoms with Crippen molar-refractivity contribution < 1.29 is 4.79 Å². The van der Waals surface area contributed by atoms with Crippen LogP contribution in [-0.4, -0.2) is 11.5 Å². The van der Waals surface area contributed by atoms with Crippen LogP contribution in [0, 0.1) is 5.92 Å². The molecule has 2 nitrogen and oxygen atoms in total. The fourth-order valence-corrected chi connectivity index (χ4v) is 5.16. The molecule has 0 fully saturated rings. The first-order valence-corrected chi connectivity index (χ1v) is 9.71. The van der Waals surface area contributed by atoms with Crippen molar-refractivity contribution in [3.05, 3.63) is 94.5 Å². The number of para-hydroxylation sites is 1. The summed E-state index contributed by atoms with van der Waals surface area (Å²) >= 11 is 7.79. The highest BCUT2D eigenvalue weighted by Gasteiger charge is 2.44. The Morgan fingerprint density at radius 2 is 1.54 bits per heavy atom. The topological polar surface area (TPSA) is 29.4 Å². The highest BCUT2D eigenvalue weighted by molar-refractivity contribution is 7.99. The Morgan fingerprint density at radius 1 is 0.846 bits per heavy atom. The summed E-state index contributed by atoms with van der Waals surface area (Å²) in [6, 6.07) is 23.7. The summed E-state index contributed by atoms with van der Waals surface area (Å²) in [6.07, 6.45) is 0. The first-order valence-electron chi connectivity index (χ1n) is 8.46. The van der Waals surface area contributed by atoms with Gasteiger partial charge in [-0.25, -0.2) is 0 Å². The van der Waals surface area contributed by atoms with Crippen molar-refractivity contribution in [3.8, 4) is 0 Å². The summed E-state index contributed by atoms with van der Waals surface area (Å²) in [4.78, 5) is 19.3. The summed E-state index contributed by atoms with van der Waals surface area (Å²) < 4.78 is 0. The van der Waals surface area contributed by atoms with Crippen LogP contribution in [0.3, 0.4) is 0 Å². The maximum atomic E-state index is 13.3. The maximum Gasteiger partial charge on any atom is 0.174 e. The zero-order valence-corrected chi connectivity index (χ0v) is 15.3. The zero-order valence-electron chi connectivity index (χ0n) is 13.7. The van der Waals surface area contributed by atoms with Gasteiger partial charge in [0, 0.05) is 21.0 Å². The third-order valence-electron chi connectivity index (χ3n) is 4.91. The fraction of sp³-hybridized carbons (Fsp3) is 0.0909. The van der Waals surface area contributed by atoms with E-state index >= 15 is 0 Å². The van der Waals surface area contributed by atoms with Crippen LogP contribution in [0.5, 0.6) is 0 Å². The number of halogens is 1. The van der Waals surface area contributed by atoms with Gasteiger partial charge in [0.05, 0.1) is 22.6 Å². The van der Waals surface area contributed by atoms with Crippen molar-refractivity contribution in [1.29, 1.82) is 0 Å². The van der Waals surface area contributed by atoms with Crippen molar-refractivity contribution in [2.75, 3.05) is 0 Å². The van der Waals surface area contributed by atoms with Gasteiger partial charge >= 0.3 is 0 Å². The second kappa shape index (κ2) is 6.11. The van der Waals surface area contributed by atoms with Gasteiger partial charge in [-0.3, -0.25) is 9.79 Å². The predicted molar refractivity (Wildman–Crippen MR) is 107 cm³/mol. The Hall–Kier alpha value is -2.36. The average molecular weight is 376 g/mol. The number of nitrogens with zero attached hydrogens (tertiary/aromatic N) is 1. The molecule has 126 valence electrons. The molecular weight excluding hydrogens is 362 g/mol. The molecule has 0 bridgehead atoms. The normalized spacial score (nSPS) is 20.7. The lowest BCUT2D eigenvalue weighted by atomic mass is 9.93. The summed E-state index contributed by atoms with van der Waals surface area (Å²) in [7, 11) is 0. The molecule has 1 aliphatic heterocycles. The summed E-state index contributed by atoms with van der Waals surface area (Å²) in [5.74, 6) is -0.134. The minimum Gasteiger partial charge on any atom is -0.293 e. The summed E-state index contributed by atoms with van der Waals surface area (Å²) in [5, 5.41) is 0.664. The smallest absolute Gasteiger partial charge is 0.174 e. The van der Waals surface area contributed by atoms with Gasteiger partial charge in [-0.1, -0.05) is 60.1 Å². The number of carbonyl (C=O) groups is 1. The lowest BCUT2D eigenvalue weighted by Crippen LogP contribution is -2.21. The zero-order chi connectivity index (χ0) is 17.7. The largest absolute Gasteiger partial charge is 0.293 e. The number of fused-ring (bicyclic) bond motifs is 4. The predicted octanol–water partition coefficient (Wildman–Crippen LogP) is 6.12. The number of benzene rings is 3. The van der Waals surface area contributed by atoms with Crippen LogP contribution in [0.2, 0.25) is 5.02 Å². The monoisotopic (exact) mass is 375 g/mol. The average Bonchev–Trinajstić information content (AvgIpc) is 2.84. The molecule has 0 spiro atoms. The molecule has 3 aromatic carbocycles. The molecule has 4 heteroatoms. The van der Waals surface area contributed by atoms with Crippen molar-refractivity contribution in [1.82, 2.24) is 0 Å². The van der Waals surface area contributed by atoms with E-state index in [2.05, 4.69) is 6.07 Å². The third kappa shape index (κ3) is 2.43. The number of Topliss-reactive ketones (excluding diaryl/α,β-unsaturated/α-hetero) is 1. The Morgan fingerprint density at radius 3 is 2.35 bits per heavy atom. The van der Waals surface area contributed by atoms with Crippen LogP contribution in [0.4, 0.5) is 5.69 Å². The third-order valence-corrected chi connectivity index (χ3v) is 6.56. The minimum atomic E-state index is -0.286. The van der Waals surface area contributed by atoms with Gasteiger partial charge in [-0.05, 0) is 29.8 Å². The molecule has 0 unspecified atom stereocenters. The van der Waals surface area contributed by atoms with Gasteiger partial charge < -0.3 is 0 Å². The van der Waals surface area contributed by atoms with E-state index in [-0.39, 0.29) is 17.0 Å². The number of hydrogen-bond acceptors (Lipinski definition) is 3. The maximum absolute atomic E-state index is 13.3. The van der Waals surface area contributed by atoms with E-state index < -0.39 is 0 Å². The number of rotatable bonds is 1. The van der Waals surface area contributed by atoms with E-state index in [0.717, 1.165) is 33.0 Å². The lowest BCUT2D eigenvalue weighted by Gasteiger charge is -2.21. The summed E-state index contributed by atoms with van der Waals surface area (Å²) in [6.45, 7) is 0. The van der Waals surface area contributed by atoms with Crippen LogP contribution in [0.1, 0.15) is 26.7 Å².